The quantitative estimate of drug-likeness (QED) is 0.556. The molecule has 0 amide bonds. The second kappa shape index (κ2) is 5.72. The fraction of sp³-hybridized carbons (Fsp3) is 0.833. The van der Waals surface area contributed by atoms with Gasteiger partial charge in [-0.2, -0.15) is 0 Å². The fourth-order valence-corrected chi connectivity index (χ4v) is 7.85. The van der Waals surface area contributed by atoms with Crippen molar-refractivity contribution in [1.29, 1.82) is 0 Å². The molecular formula is C24H38O. The first kappa shape index (κ1) is 17.8. The minimum absolute atomic E-state index is 0.351. The van der Waals surface area contributed by atoms with Crippen LogP contribution in [0.3, 0.4) is 0 Å². The van der Waals surface area contributed by atoms with Crippen LogP contribution in [0.5, 0.6) is 0 Å². The molecule has 4 aliphatic rings. The zero-order valence-corrected chi connectivity index (χ0v) is 17.1. The van der Waals surface area contributed by atoms with Gasteiger partial charge in [0.05, 0.1) is 5.60 Å². The van der Waals surface area contributed by atoms with Crippen LogP contribution < -0.4 is 0 Å². The van der Waals surface area contributed by atoms with E-state index in [9.17, 15) is 5.11 Å². The van der Waals surface area contributed by atoms with E-state index in [1.165, 1.54) is 32.1 Å². The molecule has 0 spiro atoms. The molecule has 3 saturated carbocycles. The van der Waals surface area contributed by atoms with Gasteiger partial charge >= 0.3 is 0 Å². The number of hydrogen-bond donors (Lipinski definition) is 1. The van der Waals surface area contributed by atoms with Crippen LogP contribution in [0.4, 0.5) is 0 Å². The van der Waals surface area contributed by atoms with Gasteiger partial charge in [0.2, 0.25) is 0 Å². The number of allylic oxidation sites excluding steroid dienone is 3. The summed E-state index contributed by atoms with van der Waals surface area (Å²) >= 11 is 0. The van der Waals surface area contributed by atoms with Gasteiger partial charge in [0.15, 0.2) is 0 Å². The van der Waals surface area contributed by atoms with Crippen LogP contribution in [0.1, 0.15) is 86.0 Å². The molecule has 4 aliphatic carbocycles. The maximum absolute atomic E-state index is 10.9. The summed E-state index contributed by atoms with van der Waals surface area (Å²) in [7, 11) is 0. The molecule has 0 heterocycles. The maximum atomic E-state index is 10.9. The monoisotopic (exact) mass is 342 g/mol. The highest BCUT2D eigenvalue weighted by Gasteiger charge is 2.59. The van der Waals surface area contributed by atoms with Gasteiger partial charge in [-0.15, -0.1) is 0 Å². The Kier molecular flexibility index (Phi) is 4.08. The van der Waals surface area contributed by atoms with Crippen molar-refractivity contribution in [2.45, 2.75) is 91.6 Å². The number of fused-ring (bicyclic) bond motifs is 5. The summed E-state index contributed by atoms with van der Waals surface area (Å²) in [5, 5.41) is 10.9. The van der Waals surface area contributed by atoms with E-state index in [1.807, 2.05) is 0 Å². The minimum Gasteiger partial charge on any atom is -0.390 e. The molecule has 4 rings (SSSR count). The molecule has 3 fully saturated rings. The summed E-state index contributed by atoms with van der Waals surface area (Å²) in [6.07, 6.45) is 14.4. The lowest BCUT2D eigenvalue weighted by Gasteiger charge is -2.59. The normalized spacial score (nSPS) is 53.8. The van der Waals surface area contributed by atoms with Gasteiger partial charge < -0.3 is 5.11 Å². The zero-order valence-electron chi connectivity index (χ0n) is 17.1. The summed E-state index contributed by atoms with van der Waals surface area (Å²) in [6.45, 7) is 12.0. The number of rotatable bonds is 1. The molecule has 1 heteroatoms. The van der Waals surface area contributed by atoms with E-state index >= 15 is 0 Å². The van der Waals surface area contributed by atoms with Crippen molar-refractivity contribution in [3.05, 3.63) is 23.3 Å². The van der Waals surface area contributed by atoms with Crippen molar-refractivity contribution in [2.24, 2.45) is 34.5 Å². The van der Waals surface area contributed by atoms with Crippen molar-refractivity contribution >= 4 is 0 Å². The van der Waals surface area contributed by atoms with Crippen LogP contribution in [-0.4, -0.2) is 10.7 Å². The van der Waals surface area contributed by atoms with Gasteiger partial charge in [0, 0.05) is 0 Å². The van der Waals surface area contributed by atoms with Crippen LogP contribution in [-0.2, 0) is 0 Å². The molecule has 0 bridgehead atoms. The van der Waals surface area contributed by atoms with Gasteiger partial charge in [-0.05, 0) is 92.8 Å². The average Bonchev–Trinajstić information content (AvgIpc) is 2.86. The standard InChI is InChI=1S/C24H38O/c1-6-17-14-16(3)21-19-9-8-18-15-24(25,7-2)13-12-22(18,4)20(19)10-11-23(17,21)5/h6,8,16,19-21,25H,7,9-15H2,1-5H3/b17-6-/t16-,19-,20+,21+,22+,23-,24+/m1/s1. The summed E-state index contributed by atoms with van der Waals surface area (Å²) in [5.41, 5.74) is 3.72. The molecule has 140 valence electrons. The topological polar surface area (TPSA) is 20.2 Å². The molecule has 1 nitrogen and oxygen atoms in total. The largest absolute Gasteiger partial charge is 0.390 e. The summed E-state index contributed by atoms with van der Waals surface area (Å²) in [5.74, 6) is 3.39. The van der Waals surface area contributed by atoms with Crippen molar-refractivity contribution < 1.29 is 5.11 Å². The first-order chi connectivity index (χ1) is 11.8. The van der Waals surface area contributed by atoms with Crippen LogP contribution >= 0.6 is 0 Å². The summed E-state index contributed by atoms with van der Waals surface area (Å²) in [6, 6.07) is 0. The minimum atomic E-state index is -0.430. The Morgan fingerprint density at radius 1 is 1.20 bits per heavy atom. The number of aliphatic hydroxyl groups is 1. The van der Waals surface area contributed by atoms with Crippen molar-refractivity contribution in [3.8, 4) is 0 Å². The van der Waals surface area contributed by atoms with E-state index in [0.717, 1.165) is 42.9 Å². The Hall–Kier alpha value is -0.560. The Labute approximate surface area is 155 Å². The average molecular weight is 343 g/mol. The maximum Gasteiger partial charge on any atom is 0.0682 e. The lowest BCUT2D eigenvalue weighted by Crippen LogP contribution is -2.52. The van der Waals surface area contributed by atoms with Gasteiger partial charge in [0.1, 0.15) is 0 Å². The third-order valence-corrected chi connectivity index (χ3v) is 9.40. The molecule has 0 aromatic heterocycles. The van der Waals surface area contributed by atoms with Crippen LogP contribution in [0, 0.1) is 34.5 Å². The molecule has 0 unspecified atom stereocenters. The highest BCUT2D eigenvalue weighted by atomic mass is 16.3. The Bertz CT molecular complexity index is 616. The Morgan fingerprint density at radius 3 is 2.64 bits per heavy atom. The van der Waals surface area contributed by atoms with E-state index in [0.29, 0.717) is 10.8 Å². The van der Waals surface area contributed by atoms with Crippen LogP contribution in [0.2, 0.25) is 0 Å². The summed E-state index contributed by atoms with van der Waals surface area (Å²) in [4.78, 5) is 0. The molecular weight excluding hydrogens is 304 g/mol. The molecule has 25 heavy (non-hydrogen) atoms. The smallest absolute Gasteiger partial charge is 0.0682 e. The third kappa shape index (κ3) is 2.37. The Balaban J connectivity index is 1.69. The third-order valence-electron chi connectivity index (χ3n) is 9.40. The van der Waals surface area contributed by atoms with Crippen LogP contribution in [0.25, 0.3) is 0 Å². The van der Waals surface area contributed by atoms with Crippen LogP contribution in [0.15, 0.2) is 23.3 Å². The van der Waals surface area contributed by atoms with E-state index in [-0.39, 0.29) is 0 Å². The molecule has 0 aromatic carbocycles. The first-order valence-electron chi connectivity index (χ1n) is 10.8. The van der Waals surface area contributed by atoms with E-state index in [1.54, 1.807) is 11.1 Å². The van der Waals surface area contributed by atoms with Crippen molar-refractivity contribution in [3.63, 3.8) is 0 Å². The second-order valence-electron chi connectivity index (χ2n) is 10.4. The van der Waals surface area contributed by atoms with Gasteiger partial charge in [-0.1, -0.05) is 51.0 Å². The molecule has 0 radical (unpaired) electrons. The number of hydrogen-bond acceptors (Lipinski definition) is 1. The van der Waals surface area contributed by atoms with Crippen molar-refractivity contribution in [1.82, 2.24) is 0 Å². The predicted molar refractivity (Wildman–Crippen MR) is 105 cm³/mol. The molecule has 0 aliphatic heterocycles. The summed E-state index contributed by atoms with van der Waals surface area (Å²) < 4.78 is 0. The van der Waals surface area contributed by atoms with E-state index in [2.05, 4.69) is 46.8 Å². The molecule has 0 saturated heterocycles. The van der Waals surface area contributed by atoms with Gasteiger partial charge in [-0.3, -0.25) is 0 Å². The highest BCUT2D eigenvalue weighted by molar-refractivity contribution is 5.30. The highest BCUT2D eigenvalue weighted by Crippen LogP contribution is 2.67. The van der Waals surface area contributed by atoms with E-state index < -0.39 is 5.60 Å². The van der Waals surface area contributed by atoms with Gasteiger partial charge in [-0.25, -0.2) is 0 Å². The first-order valence-corrected chi connectivity index (χ1v) is 10.8. The predicted octanol–water partition coefficient (Wildman–Crippen LogP) is 6.28. The second-order valence-corrected chi connectivity index (χ2v) is 10.4. The fourth-order valence-electron chi connectivity index (χ4n) is 7.85. The molecule has 1 N–H and O–H groups in total. The SMILES string of the molecule is C/C=C1/C[C@@H](C)[C@H]2[C@@H]3CC=C4C[C@](O)(CC)CC[C@]4(C)[C@H]3CC[C@]12C. The van der Waals surface area contributed by atoms with E-state index in [4.69, 9.17) is 0 Å². The van der Waals surface area contributed by atoms with Gasteiger partial charge in [0.25, 0.3) is 0 Å². The zero-order chi connectivity index (χ0) is 18.0. The Morgan fingerprint density at radius 2 is 1.96 bits per heavy atom. The molecule has 7 atom stereocenters. The lowest BCUT2D eigenvalue weighted by atomic mass is 9.46. The van der Waals surface area contributed by atoms with Crippen molar-refractivity contribution in [2.75, 3.05) is 0 Å². The lowest BCUT2D eigenvalue weighted by molar-refractivity contribution is -0.0651. The molecule has 0 aromatic rings.